The molecule has 1 N–H and O–H groups in total. The molecule has 2 aromatic rings. The summed E-state index contributed by atoms with van der Waals surface area (Å²) in [6.45, 7) is 2.02. The summed E-state index contributed by atoms with van der Waals surface area (Å²) < 4.78 is 0.988. The van der Waals surface area contributed by atoms with Gasteiger partial charge in [-0.05, 0) is 30.2 Å². The van der Waals surface area contributed by atoms with Gasteiger partial charge in [0.2, 0.25) is 0 Å². The molecule has 0 saturated heterocycles. The van der Waals surface area contributed by atoms with E-state index in [1.807, 2.05) is 19.1 Å². The van der Waals surface area contributed by atoms with Crippen LogP contribution in [-0.4, -0.2) is 16.1 Å². The van der Waals surface area contributed by atoms with Gasteiger partial charge in [0.15, 0.2) is 0 Å². The molecule has 0 radical (unpaired) electrons. The molecule has 0 saturated carbocycles. The normalized spacial score (nSPS) is 10.6. The summed E-state index contributed by atoms with van der Waals surface area (Å²) in [5.74, 6) is -0.994. The van der Waals surface area contributed by atoms with E-state index < -0.39 is 5.97 Å². The third-order valence-electron chi connectivity index (χ3n) is 2.44. The number of carboxylic acid groups (broad SMARTS) is 1. The molecule has 4 heteroatoms. The molecule has 0 fully saturated rings. The van der Waals surface area contributed by atoms with Gasteiger partial charge < -0.3 is 5.11 Å². The van der Waals surface area contributed by atoms with Gasteiger partial charge in [-0.3, -0.25) is 0 Å². The van der Waals surface area contributed by atoms with E-state index in [4.69, 9.17) is 5.11 Å². The quantitative estimate of drug-likeness (QED) is 0.918. The van der Waals surface area contributed by atoms with E-state index in [1.54, 1.807) is 6.07 Å². The van der Waals surface area contributed by atoms with Crippen LogP contribution in [0.15, 0.2) is 28.7 Å². The van der Waals surface area contributed by atoms with Crippen LogP contribution in [0.2, 0.25) is 0 Å². The van der Waals surface area contributed by atoms with Gasteiger partial charge in [0.25, 0.3) is 0 Å². The molecular formula is C12H10BrNO2. The Kier molecular flexibility index (Phi) is 2.92. The van der Waals surface area contributed by atoms with Gasteiger partial charge >= 0.3 is 5.97 Å². The van der Waals surface area contributed by atoms with Crippen molar-refractivity contribution in [2.45, 2.75) is 13.3 Å². The van der Waals surface area contributed by atoms with E-state index in [9.17, 15) is 4.79 Å². The van der Waals surface area contributed by atoms with Gasteiger partial charge in [-0.15, -0.1) is 0 Å². The lowest BCUT2D eigenvalue weighted by atomic mass is 10.1. The Balaban J connectivity index is 2.75. The first-order chi connectivity index (χ1) is 7.61. The number of rotatable bonds is 2. The number of halogens is 1. The van der Waals surface area contributed by atoms with E-state index in [1.165, 1.54) is 6.07 Å². The van der Waals surface area contributed by atoms with Crippen LogP contribution < -0.4 is 0 Å². The predicted molar refractivity (Wildman–Crippen MR) is 65.8 cm³/mol. The molecule has 2 rings (SSSR count). The Bertz CT molecular complexity index is 566. The highest BCUT2D eigenvalue weighted by molar-refractivity contribution is 9.10. The van der Waals surface area contributed by atoms with Gasteiger partial charge in [-0.2, -0.15) is 0 Å². The highest BCUT2D eigenvalue weighted by Crippen LogP contribution is 2.23. The summed E-state index contributed by atoms with van der Waals surface area (Å²) in [5.41, 5.74) is 1.91. The van der Waals surface area contributed by atoms with Gasteiger partial charge in [0.05, 0.1) is 5.52 Å². The van der Waals surface area contributed by atoms with Gasteiger partial charge in [0, 0.05) is 9.86 Å². The zero-order valence-electron chi connectivity index (χ0n) is 8.70. The molecule has 82 valence electrons. The highest BCUT2D eigenvalue weighted by Gasteiger charge is 2.08. The van der Waals surface area contributed by atoms with Crippen molar-refractivity contribution in [2.75, 3.05) is 0 Å². The summed E-state index contributed by atoms with van der Waals surface area (Å²) in [7, 11) is 0. The molecule has 3 nitrogen and oxygen atoms in total. The number of aromatic nitrogens is 1. The standard InChI is InChI=1S/C12H10BrNO2/c1-2-7-5-9(13)6-8-3-4-10(12(15)16)14-11(7)8/h3-6H,2H2,1H3,(H,15,16). The Hall–Kier alpha value is -1.42. The van der Waals surface area contributed by atoms with Crippen molar-refractivity contribution in [1.82, 2.24) is 4.98 Å². The molecule has 0 amide bonds. The number of nitrogens with zero attached hydrogens (tertiary/aromatic N) is 1. The SMILES string of the molecule is CCc1cc(Br)cc2ccc(C(=O)O)nc12. The third-order valence-corrected chi connectivity index (χ3v) is 2.89. The molecular weight excluding hydrogens is 270 g/mol. The van der Waals surface area contributed by atoms with Crippen LogP contribution in [0.5, 0.6) is 0 Å². The maximum Gasteiger partial charge on any atom is 0.354 e. The molecule has 1 heterocycles. The second-order valence-electron chi connectivity index (χ2n) is 3.49. The van der Waals surface area contributed by atoms with Crippen LogP contribution in [0.1, 0.15) is 23.0 Å². The highest BCUT2D eigenvalue weighted by atomic mass is 79.9. The molecule has 0 aliphatic carbocycles. The van der Waals surface area contributed by atoms with E-state index in [2.05, 4.69) is 20.9 Å². The minimum Gasteiger partial charge on any atom is -0.477 e. The smallest absolute Gasteiger partial charge is 0.354 e. The summed E-state index contributed by atoms with van der Waals surface area (Å²) >= 11 is 3.43. The lowest BCUT2D eigenvalue weighted by Gasteiger charge is -2.05. The summed E-state index contributed by atoms with van der Waals surface area (Å²) in [6, 6.07) is 7.22. The maximum atomic E-state index is 10.8. The number of pyridine rings is 1. The van der Waals surface area contributed by atoms with E-state index in [0.717, 1.165) is 27.4 Å². The van der Waals surface area contributed by atoms with Crippen LogP contribution in [-0.2, 0) is 6.42 Å². The average molecular weight is 280 g/mol. The van der Waals surface area contributed by atoms with E-state index >= 15 is 0 Å². The first kappa shape index (κ1) is 11.1. The first-order valence-corrected chi connectivity index (χ1v) is 5.73. The van der Waals surface area contributed by atoms with Crippen molar-refractivity contribution in [2.24, 2.45) is 0 Å². The minimum absolute atomic E-state index is 0.0875. The number of fused-ring (bicyclic) bond motifs is 1. The Labute approximate surface area is 101 Å². The summed E-state index contributed by atoms with van der Waals surface area (Å²) in [5, 5.41) is 9.85. The molecule has 0 aliphatic rings. The number of benzene rings is 1. The lowest BCUT2D eigenvalue weighted by molar-refractivity contribution is 0.0691. The molecule has 0 spiro atoms. The molecule has 1 aromatic heterocycles. The van der Waals surface area contributed by atoms with Crippen LogP contribution in [0, 0.1) is 0 Å². The zero-order valence-corrected chi connectivity index (χ0v) is 10.3. The largest absolute Gasteiger partial charge is 0.477 e. The van der Waals surface area contributed by atoms with Crippen molar-refractivity contribution in [3.05, 3.63) is 40.0 Å². The number of aromatic carboxylic acids is 1. The molecule has 0 atom stereocenters. The average Bonchev–Trinajstić information content (AvgIpc) is 2.27. The number of aryl methyl sites for hydroxylation is 1. The Morgan fingerprint density at radius 3 is 2.81 bits per heavy atom. The first-order valence-electron chi connectivity index (χ1n) is 4.94. The van der Waals surface area contributed by atoms with Gasteiger partial charge in [-0.1, -0.05) is 28.9 Å². The van der Waals surface area contributed by atoms with Crippen LogP contribution in [0.4, 0.5) is 0 Å². The van der Waals surface area contributed by atoms with Crippen molar-refractivity contribution < 1.29 is 9.90 Å². The Morgan fingerprint density at radius 2 is 2.19 bits per heavy atom. The molecule has 16 heavy (non-hydrogen) atoms. The topological polar surface area (TPSA) is 50.2 Å². The lowest BCUT2D eigenvalue weighted by Crippen LogP contribution is -2.01. The van der Waals surface area contributed by atoms with Crippen LogP contribution in [0.3, 0.4) is 0 Å². The van der Waals surface area contributed by atoms with E-state index in [-0.39, 0.29) is 5.69 Å². The number of hydrogen-bond donors (Lipinski definition) is 1. The Morgan fingerprint density at radius 1 is 1.44 bits per heavy atom. The van der Waals surface area contributed by atoms with Crippen molar-refractivity contribution in [3.63, 3.8) is 0 Å². The summed E-state index contributed by atoms with van der Waals surface area (Å²) in [4.78, 5) is 15.0. The predicted octanol–water partition coefficient (Wildman–Crippen LogP) is 3.26. The fraction of sp³-hybridized carbons (Fsp3) is 0.167. The summed E-state index contributed by atoms with van der Waals surface area (Å²) in [6.07, 6.45) is 0.825. The second kappa shape index (κ2) is 4.22. The molecule has 0 bridgehead atoms. The molecule has 1 aromatic carbocycles. The van der Waals surface area contributed by atoms with Crippen molar-refractivity contribution in [3.8, 4) is 0 Å². The third kappa shape index (κ3) is 1.93. The number of hydrogen-bond acceptors (Lipinski definition) is 2. The number of carboxylic acids is 1. The number of carbonyl (C=O) groups is 1. The van der Waals surface area contributed by atoms with Crippen LogP contribution in [0.25, 0.3) is 10.9 Å². The fourth-order valence-corrected chi connectivity index (χ4v) is 2.18. The van der Waals surface area contributed by atoms with Crippen LogP contribution >= 0.6 is 15.9 Å². The van der Waals surface area contributed by atoms with Crippen molar-refractivity contribution >= 4 is 32.8 Å². The monoisotopic (exact) mass is 279 g/mol. The van der Waals surface area contributed by atoms with E-state index in [0.29, 0.717) is 0 Å². The second-order valence-corrected chi connectivity index (χ2v) is 4.41. The minimum atomic E-state index is -0.994. The zero-order chi connectivity index (χ0) is 11.7. The van der Waals surface area contributed by atoms with Gasteiger partial charge in [0.1, 0.15) is 5.69 Å². The fourth-order valence-electron chi connectivity index (χ4n) is 1.66. The molecule has 0 aliphatic heterocycles. The van der Waals surface area contributed by atoms with Crippen molar-refractivity contribution in [1.29, 1.82) is 0 Å². The van der Waals surface area contributed by atoms with Gasteiger partial charge in [-0.25, -0.2) is 9.78 Å². The maximum absolute atomic E-state index is 10.8. The molecule has 0 unspecified atom stereocenters.